The van der Waals surface area contributed by atoms with E-state index in [0.29, 0.717) is 12.4 Å². The van der Waals surface area contributed by atoms with Crippen molar-refractivity contribution < 1.29 is 19.4 Å². The zero-order chi connectivity index (χ0) is 15.3. The summed E-state index contributed by atoms with van der Waals surface area (Å²) < 4.78 is 4.94. The van der Waals surface area contributed by atoms with Crippen LogP contribution in [0.25, 0.3) is 0 Å². The first-order valence-electron chi connectivity index (χ1n) is 6.95. The molecule has 0 atom stereocenters. The number of aromatic nitrogens is 2. The summed E-state index contributed by atoms with van der Waals surface area (Å²) >= 11 is 0. The molecule has 0 bridgehead atoms. The van der Waals surface area contributed by atoms with Crippen molar-refractivity contribution in [2.75, 3.05) is 19.0 Å². The van der Waals surface area contributed by atoms with Crippen LogP contribution in [0, 0.1) is 5.41 Å². The maximum Gasteiger partial charge on any atom is 0.356 e. The van der Waals surface area contributed by atoms with Gasteiger partial charge in [0.05, 0.1) is 24.9 Å². The molecule has 1 saturated carbocycles. The number of hydrogen-bond donors (Lipinski definition) is 2. The Labute approximate surface area is 122 Å². The van der Waals surface area contributed by atoms with Gasteiger partial charge in [0, 0.05) is 6.54 Å². The Hall–Kier alpha value is -2.18. The van der Waals surface area contributed by atoms with Gasteiger partial charge in [-0.25, -0.2) is 14.8 Å². The van der Waals surface area contributed by atoms with Gasteiger partial charge < -0.3 is 15.2 Å². The number of ether oxygens (including phenoxy) is 1. The molecule has 7 nitrogen and oxygen atoms in total. The summed E-state index contributed by atoms with van der Waals surface area (Å²) in [7, 11) is 1.40. The summed E-state index contributed by atoms with van der Waals surface area (Å²) in [6.45, 7) is 0.417. The smallest absolute Gasteiger partial charge is 0.356 e. The van der Waals surface area contributed by atoms with Crippen molar-refractivity contribution in [1.29, 1.82) is 0 Å². The van der Waals surface area contributed by atoms with Crippen molar-refractivity contribution in [3.63, 3.8) is 0 Å². The van der Waals surface area contributed by atoms with E-state index in [1.165, 1.54) is 19.5 Å². The summed E-state index contributed by atoms with van der Waals surface area (Å²) in [6.07, 6.45) is 7.25. The topological polar surface area (TPSA) is 101 Å². The first-order chi connectivity index (χ1) is 10.1. The molecule has 1 aromatic rings. The van der Waals surface area contributed by atoms with Crippen LogP contribution in [0.3, 0.4) is 0 Å². The average Bonchev–Trinajstić information content (AvgIpc) is 2.53. The molecule has 0 radical (unpaired) electrons. The number of carbonyl (C=O) groups excluding carboxylic acids is 1. The Morgan fingerprint density at radius 1 is 1.29 bits per heavy atom. The Kier molecular flexibility index (Phi) is 4.72. The molecule has 0 amide bonds. The second-order valence-electron chi connectivity index (χ2n) is 5.28. The molecule has 2 N–H and O–H groups in total. The van der Waals surface area contributed by atoms with Gasteiger partial charge in [0.2, 0.25) is 0 Å². The van der Waals surface area contributed by atoms with Crippen LogP contribution >= 0.6 is 0 Å². The Morgan fingerprint density at radius 3 is 2.52 bits per heavy atom. The molecule has 1 heterocycles. The standard InChI is InChI=1S/C14H19N3O4/c1-21-13(20)14(5-3-2-4-6-14)9-17-11-8-15-10(7-16-11)12(18)19/h7-8H,2-6,9H2,1H3,(H,16,17)(H,18,19). The lowest BCUT2D eigenvalue weighted by Gasteiger charge is -2.34. The summed E-state index contributed by atoms with van der Waals surface area (Å²) in [5.41, 5.74) is -0.638. The van der Waals surface area contributed by atoms with Gasteiger partial charge >= 0.3 is 11.9 Å². The number of nitrogens with one attached hydrogen (secondary N) is 1. The minimum Gasteiger partial charge on any atom is -0.476 e. The minimum atomic E-state index is -1.12. The van der Waals surface area contributed by atoms with Crippen LogP contribution in [-0.2, 0) is 9.53 Å². The quantitative estimate of drug-likeness (QED) is 0.797. The van der Waals surface area contributed by atoms with E-state index in [2.05, 4.69) is 15.3 Å². The number of methoxy groups -OCH3 is 1. The van der Waals surface area contributed by atoms with Gasteiger partial charge in [0.15, 0.2) is 5.69 Å². The van der Waals surface area contributed by atoms with E-state index in [0.717, 1.165) is 32.1 Å². The third-order valence-electron chi connectivity index (χ3n) is 3.91. The largest absolute Gasteiger partial charge is 0.476 e. The zero-order valence-electron chi connectivity index (χ0n) is 12.0. The first kappa shape index (κ1) is 15.2. The first-order valence-corrected chi connectivity index (χ1v) is 6.95. The summed E-state index contributed by atoms with van der Waals surface area (Å²) in [4.78, 5) is 30.6. The van der Waals surface area contributed by atoms with Crippen molar-refractivity contribution >= 4 is 17.8 Å². The predicted molar refractivity (Wildman–Crippen MR) is 75.0 cm³/mol. The van der Waals surface area contributed by atoms with E-state index >= 15 is 0 Å². The summed E-state index contributed by atoms with van der Waals surface area (Å²) in [5.74, 6) is -0.869. The van der Waals surface area contributed by atoms with E-state index < -0.39 is 11.4 Å². The molecule has 7 heteroatoms. The van der Waals surface area contributed by atoms with Crippen LogP contribution in [0.5, 0.6) is 0 Å². The summed E-state index contributed by atoms with van der Waals surface area (Å²) in [5, 5.41) is 11.8. The van der Waals surface area contributed by atoms with Crippen molar-refractivity contribution in [2.45, 2.75) is 32.1 Å². The highest BCUT2D eigenvalue weighted by atomic mass is 16.5. The van der Waals surface area contributed by atoms with Crippen LogP contribution in [0.15, 0.2) is 12.4 Å². The molecule has 0 aliphatic heterocycles. The molecular weight excluding hydrogens is 274 g/mol. The fraction of sp³-hybridized carbons (Fsp3) is 0.571. The second kappa shape index (κ2) is 6.51. The second-order valence-corrected chi connectivity index (χ2v) is 5.28. The highest BCUT2D eigenvalue weighted by Gasteiger charge is 2.40. The van der Waals surface area contributed by atoms with Crippen molar-refractivity contribution in [2.24, 2.45) is 5.41 Å². The molecule has 0 aromatic carbocycles. The van der Waals surface area contributed by atoms with E-state index in [1.807, 2.05) is 0 Å². The van der Waals surface area contributed by atoms with Crippen LogP contribution < -0.4 is 5.32 Å². The van der Waals surface area contributed by atoms with E-state index in [1.54, 1.807) is 0 Å². The van der Waals surface area contributed by atoms with Crippen LogP contribution in [0.4, 0.5) is 5.82 Å². The SMILES string of the molecule is COC(=O)C1(CNc2cnc(C(=O)O)cn2)CCCCC1. The van der Waals surface area contributed by atoms with Crippen molar-refractivity contribution in [1.82, 2.24) is 9.97 Å². The molecular formula is C14H19N3O4. The fourth-order valence-electron chi connectivity index (χ4n) is 2.69. The number of rotatable bonds is 5. The molecule has 0 unspecified atom stereocenters. The van der Waals surface area contributed by atoms with Gasteiger partial charge in [-0.15, -0.1) is 0 Å². The molecule has 114 valence electrons. The Balaban J connectivity index is 2.04. The van der Waals surface area contributed by atoms with Gasteiger partial charge in [-0.05, 0) is 12.8 Å². The van der Waals surface area contributed by atoms with E-state index in [4.69, 9.17) is 9.84 Å². The van der Waals surface area contributed by atoms with Crippen molar-refractivity contribution in [3.8, 4) is 0 Å². The highest BCUT2D eigenvalue weighted by molar-refractivity contribution is 5.84. The lowest BCUT2D eigenvalue weighted by atomic mass is 9.74. The monoisotopic (exact) mass is 293 g/mol. The van der Waals surface area contributed by atoms with Gasteiger partial charge in [-0.2, -0.15) is 0 Å². The number of hydrogen-bond acceptors (Lipinski definition) is 6. The fourth-order valence-corrected chi connectivity index (χ4v) is 2.69. The maximum atomic E-state index is 12.1. The minimum absolute atomic E-state index is 0.110. The molecule has 0 spiro atoms. The number of carbonyl (C=O) groups is 2. The lowest BCUT2D eigenvalue weighted by molar-refractivity contribution is -0.153. The third kappa shape index (κ3) is 3.48. The normalized spacial score (nSPS) is 17.0. The lowest BCUT2D eigenvalue weighted by Crippen LogP contribution is -2.40. The third-order valence-corrected chi connectivity index (χ3v) is 3.91. The van der Waals surface area contributed by atoms with Crippen molar-refractivity contribution in [3.05, 3.63) is 18.1 Å². The number of anilines is 1. The Bertz CT molecular complexity index is 509. The molecule has 21 heavy (non-hydrogen) atoms. The van der Waals surface area contributed by atoms with Crippen LogP contribution in [-0.4, -0.2) is 40.7 Å². The summed E-state index contributed by atoms with van der Waals surface area (Å²) in [6, 6.07) is 0. The van der Waals surface area contributed by atoms with E-state index in [-0.39, 0.29) is 11.7 Å². The molecule has 2 rings (SSSR count). The maximum absolute atomic E-state index is 12.1. The van der Waals surface area contributed by atoms with Gasteiger partial charge in [-0.1, -0.05) is 19.3 Å². The van der Waals surface area contributed by atoms with Gasteiger partial charge in [-0.3, -0.25) is 4.79 Å². The van der Waals surface area contributed by atoms with Gasteiger partial charge in [0.1, 0.15) is 5.82 Å². The molecule has 1 fully saturated rings. The Morgan fingerprint density at radius 2 is 2.00 bits per heavy atom. The zero-order valence-corrected chi connectivity index (χ0v) is 12.0. The van der Waals surface area contributed by atoms with Crippen LogP contribution in [0.1, 0.15) is 42.6 Å². The number of nitrogens with zero attached hydrogens (tertiary/aromatic N) is 2. The molecule has 0 saturated heterocycles. The molecule has 1 aliphatic rings. The number of carboxylic acid groups (broad SMARTS) is 1. The number of carboxylic acids is 1. The van der Waals surface area contributed by atoms with Gasteiger partial charge in [0.25, 0.3) is 0 Å². The number of esters is 1. The predicted octanol–water partition coefficient (Wildman–Crippen LogP) is 1.71. The molecule has 1 aliphatic carbocycles. The number of aromatic carboxylic acids is 1. The molecule has 1 aromatic heterocycles. The average molecular weight is 293 g/mol. The van der Waals surface area contributed by atoms with E-state index in [9.17, 15) is 9.59 Å². The highest BCUT2D eigenvalue weighted by Crippen LogP contribution is 2.37. The van der Waals surface area contributed by atoms with Crippen LogP contribution in [0.2, 0.25) is 0 Å².